The number of methoxy groups -OCH3 is 1. The molecule has 1 saturated heterocycles. The van der Waals surface area contributed by atoms with Crippen LogP contribution in [0, 0.1) is 0 Å². The van der Waals surface area contributed by atoms with Gasteiger partial charge in [0.1, 0.15) is 18.9 Å². The van der Waals surface area contributed by atoms with Gasteiger partial charge < -0.3 is 24.8 Å². The molecular weight excluding hydrogens is 406 g/mol. The maximum absolute atomic E-state index is 15.7. The summed E-state index contributed by atoms with van der Waals surface area (Å²) in [4.78, 5) is 12.5. The van der Waals surface area contributed by atoms with E-state index in [1.165, 1.54) is 7.11 Å². The Kier molecular flexibility index (Phi) is 8.34. The first-order valence-electron chi connectivity index (χ1n) is 10.2. The first-order chi connectivity index (χ1) is 15.0. The predicted octanol–water partition coefficient (Wildman–Crippen LogP) is 3.16. The summed E-state index contributed by atoms with van der Waals surface area (Å²) in [6.45, 7) is 0.214. The van der Waals surface area contributed by atoms with E-state index < -0.39 is 30.1 Å². The number of hydrogen-bond donors (Lipinski definition) is 2. The van der Waals surface area contributed by atoms with Crippen molar-refractivity contribution in [1.82, 2.24) is 10.6 Å². The molecule has 0 radical (unpaired) electrons. The normalized spacial score (nSPS) is 22.9. The Morgan fingerprint density at radius 1 is 0.903 bits per heavy atom. The molecule has 1 fully saturated rings. The number of nitrogens with one attached hydrogen (secondary N) is 2. The summed E-state index contributed by atoms with van der Waals surface area (Å²) >= 11 is 0. The van der Waals surface area contributed by atoms with Crippen molar-refractivity contribution < 1.29 is 27.8 Å². The average molecular weight is 434 g/mol. The van der Waals surface area contributed by atoms with E-state index in [1.807, 2.05) is 36.4 Å². The van der Waals surface area contributed by atoms with Crippen molar-refractivity contribution in [1.29, 1.82) is 0 Å². The lowest BCUT2D eigenvalue weighted by Gasteiger charge is -2.34. The minimum absolute atomic E-state index is 0.0241. The molecule has 0 aliphatic carbocycles. The van der Waals surface area contributed by atoms with Crippen molar-refractivity contribution in [3.8, 4) is 0 Å². The van der Waals surface area contributed by atoms with Crippen LogP contribution >= 0.6 is 0 Å². The SMILES string of the molecule is COCCOCO[C@H]1[C@@H](Cc2ccccc2)NC(=O)N[C@H](Cc2ccccc2)C1(F)F. The standard InChI is InChI=1S/C23H28F2N2O4/c1-29-12-13-30-16-31-21-19(14-17-8-4-2-5-9-17)26-22(28)27-20(23(21,24)25)15-18-10-6-3-7-11-18/h2-11,19-21H,12-16H2,1H3,(H2,26,27,28)/t19-,20-,21+/m1/s1. The van der Waals surface area contributed by atoms with Crippen LogP contribution in [-0.4, -0.2) is 57.3 Å². The summed E-state index contributed by atoms with van der Waals surface area (Å²) in [5.74, 6) is -3.35. The zero-order chi connectivity index (χ0) is 22.1. The van der Waals surface area contributed by atoms with Gasteiger partial charge in [-0.3, -0.25) is 0 Å². The Labute approximate surface area is 180 Å². The molecular formula is C23H28F2N2O4. The number of alkyl halides is 2. The molecule has 2 aromatic carbocycles. The molecule has 2 N–H and O–H groups in total. The van der Waals surface area contributed by atoms with Crippen LogP contribution in [0.2, 0.25) is 0 Å². The van der Waals surface area contributed by atoms with Crippen LogP contribution in [0.1, 0.15) is 11.1 Å². The van der Waals surface area contributed by atoms with E-state index in [1.54, 1.807) is 24.3 Å². The molecule has 1 aliphatic rings. The van der Waals surface area contributed by atoms with E-state index in [-0.39, 0.29) is 26.2 Å². The summed E-state index contributed by atoms with van der Waals surface area (Å²) in [7, 11) is 1.52. The van der Waals surface area contributed by atoms with Gasteiger partial charge in [0.25, 0.3) is 5.92 Å². The Hall–Kier alpha value is -2.55. The van der Waals surface area contributed by atoms with Crippen LogP contribution in [0.15, 0.2) is 60.7 Å². The molecule has 31 heavy (non-hydrogen) atoms. The van der Waals surface area contributed by atoms with Crippen LogP contribution in [-0.2, 0) is 27.1 Å². The van der Waals surface area contributed by atoms with Gasteiger partial charge in [-0.05, 0) is 24.0 Å². The highest BCUT2D eigenvalue weighted by Crippen LogP contribution is 2.33. The Morgan fingerprint density at radius 2 is 1.52 bits per heavy atom. The first kappa shape index (κ1) is 23.1. The first-order valence-corrected chi connectivity index (χ1v) is 10.2. The Bertz CT molecular complexity index is 808. The van der Waals surface area contributed by atoms with E-state index in [9.17, 15) is 4.79 Å². The number of benzene rings is 2. The average Bonchev–Trinajstić information content (AvgIpc) is 2.84. The quantitative estimate of drug-likeness (QED) is 0.445. The van der Waals surface area contributed by atoms with E-state index in [0.717, 1.165) is 5.56 Å². The molecule has 168 valence electrons. The van der Waals surface area contributed by atoms with E-state index >= 15 is 8.78 Å². The second-order valence-electron chi connectivity index (χ2n) is 7.44. The lowest BCUT2D eigenvalue weighted by atomic mass is 9.91. The van der Waals surface area contributed by atoms with Gasteiger partial charge >= 0.3 is 6.03 Å². The highest BCUT2D eigenvalue weighted by Gasteiger charge is 2.54. The molecule has 0 unspecified atom stereocenters. The van der Waals surface area contributed by atoms with Crippen LogP contribution in [0.4, 0.5) is 13.6 Å². The molecule has 2 amide bonds. The zero-order valence-electron chi connectivity index (χ0n) is 17.4. The lowest BCUT2D eigenvalue weighted by Crippen LogP contribution is -2.56. The largest absolute Gasteiger partial charge is 0.382 e. The maximum atomic E-state index is 15.7. The number of urea groups is 1. The van der Waals surface area contributed by atoms with Crippen molar-refractivity contribution in [3.63, 3.8) is 0 Å². The summed E-state index contributed by atoms with van der Waals surface area (Å²) < 4.78 is 47.2. The number of halogens is 2. The maximum Gasteiger partial charge on any atom is 0.315 e. The molecule has 3 rings (SSSR count). The zero-order valence-corrected chi connectivity index (χ0v) is 17.4. The number of carbonyl (C=O) groups excluding carboxylic acids is 1. The van der Waals surface area contributed by atoms with Gasteiger partial charge in [-0.1, -0.05) is 60.7 Å². The summed E-state index contributed by atoms with van der Waals surface area (Å²) in [6, 6.07) is 15.0. The fourth-order valence-corrected chi connectivity index (χ4v) is 3.62. The molecule has 3 atom stereocenters. The van der Waals surface area contributed by atoms with Gasteiger partial charge in [0.15, 0.2) is 0 Å². The van der Waals surface area contributed by atoms with Gasteiger partial charge in [-0.15, -0.1) is 0 Å². The highest BCUT2D eigenvalue weighted by molar-refractivity contribution is 5.75. The van der Waals surface area contributed by atoms with Crippen molar-refractivity contribution in [2.45, 2.75) is 37.0 Å². The molecule has 1 heterocycles. The third-order valence-corrected chi connectivity index (χ3v) is 5.18. The summed E-state index contributed by atoms with van der Waals surface area (Å²) in [5, 5.41) is 5.10. The van der Waals surface area contributed by atoms with Crippen LogP contribution in [0.25, 0.3) is 0 Å². The molecule has 1 aliphatic heterocycles. The monoisotopic (exact) mass is 434 g/mol. The van der Waals surface area contributed by atoms with Gasteiger partial charge in [-0.25, -0.2) is 13.6 Å². The molecule has 0 aromatic heterocycles. The van der Waals surface area contributed by atoms with Crippen molar-refractivity contribution in [3.05, 3.63) is 71.8 Å². The van der Waals surface area contributed by atoms with Gasteiger partial charge in [0, 0.05) is 7.11 Å². The number of carbonyl (C=O) groups is 1. The molecule has 0 spiro atoms. The minimum Gasteiger partial charge on any atom is -0.382 e. The fourth-order valence-electron chi connectivity index (χ4n) is 3.62. The second-order valence-corrected chi connectivity index (χ2v) is 7.44. The van der Waals surface area contributed by atoms with Gasteiger partial charge in [0.2, 0.25) is 0 Å². The summed E-state index contributed by atoms with van der Waals surface area (Å²) in [6.07, 6.45) is -1.41. The number of ether oxygens (including phenoxy) is 3. The molecule has 6 nitrogen and oxygen atoms in total. The van der Waals surface area contributed by atoms with Gasteiger partial charge in [0.05, 0.1) is 19.3 Å². The van der Waals surface area contributed by atoms with E-state index in [4.69, 9.17) is 14.2 Å². The van der Waals surface area contributed by atoms with Crippen LogP contribution < -0.4 is 10.6 Å². The Balaban J connectivity index is 1.82. The van der Waals surface area contributed by atoms with E-state index in [0.29, 0.717) is 12.2 Å². The second kappa shape index (κ2) is 11.2. The molecule has 0 bridgehead atoms. The lowest BCUT2D eigenvalue weighted by molar-refractivity contribution is -0.199. The van der Waals surface area contributed by atoms with Crippen LogP contribution in [0.5, 0.6) is 0 Å². The topological polar surface area (TPSA) is 68.8 Å². The Morgan fingerprint density at radius 3 is 2.13 bits per heavy atom. The smallest absolute Gasteiger partial charge is 0.315 e. The third-order valence-electron chi connectivity index (χ3n) is 5.18. The van der Waals surface area contributed by atoms with E-state index in [2.05, 4.69) is 10.6 Å². The molecule has 0 saturated carbocycles. The predicted molar refractivity (Wildman–Crippen MR) is 112 cm³/mol. The van der Waals surface area contributed by atoms with Crippen molar-refractivity contribution in [2.24, 2.45) is 0 Å². The third kappa shape index (κ3) is 6.46. The van der Waals surface area contributed by atoms with Crippen molar-refractivity contribution in [2.75, 3.05) is 27.1 Å². The molecule has 8 heteroatoms. The minimum atomic E-state index is -3.35. The number of amides is 2. The van der Waals surface area contributed by atoms with Gasteiger partial charge in [-0.2, -0.15) is 0 Å². The number of hydrogen-bond acceptors (Lipinski definition) is 4. The fraction of sp³-hybridized carbons (Fsp3) is 0.435. The van der Waals surface area contributed by atoms with Crippen molar-refractivity contribution >= 4 is 6.03 Å². The van der Waals surface area contributed by atoms with Crippen LogP contribution in [0.3, 0.4) is 0 Å². The highest BCUT2D eigenvalue weighted by atomic mass is 19.3. The number of rotatable bonds is 10. The molecule has 2 aromatic rings. The summed E-state index contributed by atoms with van der Waals surface area (Å²) in [5.41, 5.74) is 1.52.